The highest BCUT2D eigenvalue weighted by Gasteiger charge is 2.36. The van der Waals surface area contributed by atoms with Gasteiger partial charge in [-0.2, -0.15) is 5.10 Å². The van der Waals surface area contributed by atoms with Crippen LogP contribution < -0.4 is 0 Å². The number of aliphatic hydroxyl groups is 1. The number of carbonyl (C=O) groups is 1. The Morgan fingerprint density at radius 1 is 1.43 bits per heavy atom. The molecule has 0 bridgehead atoms. The number of aliphatic hydroxyl groups excluding tert-OH is 1. The highest BCUT2D eigenvalue weighted by atomic mass is 19.1. The molecular weight excluding hydrogens is 304 g/mol. The second-order valence-corrected chi connectivity index (χ2v) is 5.82. The van der Waals surface area contributed by atoms with Crippen LogP contribution in [0.1, 0.15) is 23.6 Å². The summed E-state index contributed by atoms with van der Waals surface area (Å²) >= 11 is 0. The molecule has 0 radical (unpaired) electrons. The van der Waals surface area contributed by atoms with E-state index < -0.39 is 23.8 Å². The predicted molar refractivity (Wildman–Crippen MR) is 78.3 cm³/mol. The maximum atomic E-state index is 14.0. The lowest BCUT2D eigenvalue weighted by Crippen LogP contribution is -2.33. The van der Waals surface area contributed by atoms with E-state index >= 15 is 0 Å². The number of halogens is 2. The van der Waals surface area contributed by atoms with E-state index in [4.69, 9.17) is 0 Å². The van der Waals surface area contributed by atoms with Crippen LogP contribution >= 0.6 is 0 Å². The molecule has 1 N–H and O–H groups in total. The van der Waals surface area contributed by atoms with E-state index in [1.54, 1.807) is 24.1 Å². The fraction of sp³-hybridized carbons (Fsp3) is 0.375. The van der Waals surface area contributed by atoms with Crippen molar-refractivity contribution < 1.29 is 18.7 Å². The molecule has 2 aromatic rings. The van der Waals surface area contributed by atoms with Crippen LogP contribution in [0.5, 0.6) is 0 Å². The first-order chi connectivity index (χ1) is 10.9. The van der Waals surface area contributed by atoms with Gasteiger partial charge in [0.15, 0.2) is 0 Å². The third-order valence-corrected chi connectivity index (χ3v) is 4.03. The van der Waals surface area contributed by atoms with Crippen LogP contribution in [-0.4, -0.2) is 38.3 Å². The third-order valence-electron chi connectivity index (χ3n) is 4.03. The molecule has 122 valence electrons. The van der Waals surface area contributed by atoms with Crippen molar-refractivity contribution in [2.24, 2.45) is 7.05 Å². The number of β-amino-alcohol motifs (C(OH)–C–C–N with tert-alkyl or cyclic N) is 1. The highest BCUT2D eigenvalue weighted by molar-refractivity contribution is 5.79. The summed E-state index contributed by atoms with van der Waals surface area (Å²) in [6, 6.07) is 2.50. The van der Waals surface area contributed by atoms with Gasteiger partial charge in [0, 0.05) is 25.4 Å². The maximum absolute atomic E-state index is 14.0. The molecule has 7 heteroatoms. The topological polar surface area (TPSA) is 58.4 Å². The summed E-state index contributed by atoms with van der Waals surface area (Å²) in [6.45, 7) is 0.111. The second-order valence-electron chi connectivity index (χ2n) is 5.82. The van der Waals surface area contributed by atoms with Crippen LogP contribution in [0.15, 0.2) is 30.6 Å². The lowest BCUT2D eigenvalue weighted by Gasteiger charge is -2.25. The first-order valence-corrected chi connectivity index (χ1v) is 7.34. The number of likely N-dealkylation sites (tertiary alicyclic amines) is 1. The zero-order valence-electron chi connectivity index (χ0n) is 12.6. The molecule has 1 aliphatic heterocycles. The van der Waals surface area contributed by atoms with Crippen molar-refractivity contribution in [3.8, 4) is 0 Å². The summed E-state index contributed by atoms with van der Waals surface area (Å²) in [5.41, 5.74) is 0.832. The maximum Gasteiger partial charge on any atom is 0.227 e. The monoisotopic (exact) mass is 321 g/mol. The minimum Gasteiger partial charge on any atom is -0.391 e. The van der Waals surface area contributed by atoms with Crippen molar-refractivity contribution in [2.75, 3.05) is 6.54 Å². The molecule has 1 amide bonds. The largest absolute Gasteiger partial charge is 0.391 e. The Morgan fingerprint density at radius 2 is 2.22 bits per heavy atom. The molecule has 0 aliphatic carbocycles. The average Bonchev–Trinajstić information content (AvgIpc) is 3.07. The van der Waals surface area contributed by atoms with Crippen molar-refractivity contribution in [3.05, 3.63) is 53.4 Å². The summed E-state index contributed by atoms with van der Waals surface area (Å²) in [5.74, 6) is -1.39. The molecule has 23 heavy (non-hydrogen) atoms. The van der Waals surface area contributed by atoms with Crippen molar-refractivity contribution in [3.63, 3.8) is 0 Å². The molecule has 5 nitrogen and oxygen atoms in total. The molecule has 2 atom stereocenters. The molecule has 0 spiro atoms. The molecule has 3 rings (SSSR count). The zero-order chi connectivity index (χ0) is 16.6. The predicted octanol–water partition coefficient (Wildman–Crippen LogP) is 1.58. The molecule has 1 aliphatic rings. The van der Waals surface area contributed by atoms with Crippen LogP contribution in [-0.2, 0) is 18.3 Å². The minimum absolute atomic E-state index is 0.0982. The fourth-order valence-corrected chi connectivity index (χ4v) is 2.99. The van der Waals surface area contributed by atoms with E-state index in [1.165, 1.54) is 4.90 Å². The van der Waals surface area contributed by atoms with Crippen LogP contribution in [0.4, 0.5) is 8.78 Å². The van der Waals surface area contributed by atoms with E-state index in [-0.39, 0.29) is 30.9 Å². The van der Waals surface area contributed by atoms with Crippen LogP contribution in [0.2, 0.25) is 0 Å². The number of benzene rings is 1. The first-order valence-electron chi connectivity index (χ1n) is 7.34. The van der Waals surface area contributed by atoms with Gasteiger partial charge in [0.2, 0.25) is 5.91 Å². The fourth-order valence-electron chi connectivity index (χ4n) is 2.99. The Balaban J connectivity index is 1.84. The Morgan fingerprint density at radius 3 is 2.91 bits per heavy atom. The minimum atomic E-state index is -0.750. The molecular formula is C16H17F2N3O2. The van der Waals surface area contributed by atoms with Crippen LogP contribution in [0.3, 0.4) is 0 Å². The van der Waals surface area contributed by atoms with Gasteiger partial charge in [-0.1, -0.05) is 0 Å². The van der Waals surface area contributed by atoms with Gasteiger partial charge in [-0.05, 0) is 30.2 Å². The molecule has 2 unspecified atom stereocenters. The van der Waals surface area contributed by atoms with E-state index in [9.17, 15) is 18.7 Å². The van der Waals surface area contributed by atoms with Gasteiger partial charge in [0.1, 0.15) is 11.6 Å². The van der Waals surface area contributed by atoms with Crippen molar-refractivity contribution in [1.82, 2.24) is 14.7 Å². The number of amides is 1. The van der Waals surface area contributed by atoms with Gasteiger partial charge in [-0.25, -0.2) is 8.78 Å². The van der Waals surface area contributed by atoms with Gasteiger partial charge >= 0.3 is 0 Å². The summed E-state index contributed by atoms with van der Waals surface area (Å²) < 4.78 is 29.0. The van der Waals surface area contributed by atoms with Gasteiger partial charge in [0.25, 0.3) is 0 Å². The van der Waals surface area contributed by atoms with Gasteiger partial charge in [-0.15, -0.1) is 0 Å². The molecule has 1 aromatic heterocycles. The number of aryl methyl sites for hydroxylation is 1. The third kappa shape index (κ3) is 3.24. The number of carbonyl (C=O) groups excluding carboxylic acids is 1. The Labute approximate surface area is 132 Å². The summed E-state index contributed by atoms with van der Waals surface area (Å²) in [7, 11) is 1.75. The van der Waals surface area contributed by atoms with Crippen molar-refractivity contribution in [1.29, 1.82) is 0 Å². The lowest BCUT2D eigenvalue weighted by molar-refractivity contribution is -0.131. The molecule has 1 saturated heterocycles. The summed E-state index contributed by atoms with van der Waals surface area (Å²) in [5, 5.41) is 13.9. The smallest absolute Gasteiger partial charge is 0.227 e. The average molecular weight is 321 g/mol. The van der Waals surface area contributed by atoms with Crippen LogP contribution in [0, 0.1) is 11.6 Å². The number of aromatic nitrogens is 2. The van der Waals surface area contributed by atoms with E-state index in [0.717, 1.165) is 23.8 Å². The molecule has 1 aromatic carbocycles. The van der Waals surface area contributed by atoms with Gasteiger partial charge in [-0.3, -0.25) is 9.48 Å². The molecule has 0 saturated carbocycles. The quantitative estimate of drug-likeness (QED) is 0.934. The second kappa shape index (κ2) is 6.08. The van der Waals surface area contributed by atoms with E-state index in [2.05, 4.69) is 5.10 Å². The standard InChI is InChI=1S/C16H17F2N3O2/c1-20-8-10(7-19-20)4-16(23)21-9-12(22)6-15(21)13-5-11(17)2-3-14(13)18/h2-3,5,7-8,12,15,22H,4,6,9H2,1H3. The van der Waals surface area contributed by atoms with Gasteiger partial charge in [0.05, 0.1) is 24.8 Å². The first kappa shape index (κ1) is 15.6. The Kier molecular flexibility index (Phi) is 4.12. The van der Waals surface area contributed by atoms with Gasteiger partial charge < -0.3 is 10.0 Å². The number of rotatable bonds is 3. The zero-order valence-corrected chi connectivity index (χ0v) is 12.6. The molecule has 2 heterocycles. The summed E-state index contributed by atoms with van der Waals surface area (Å²) in [6.07, 6.45) is 2.86. The van der Waals surface area contributed by atoms with Crippen molar-refractivity contribution >= 4 is 5.91 Å². The Bertz CT molecular complexity index is 732. The normalized spacial score (nSPS) is 21.0. The summed E-state index contributed by atoms with van der Waals surface area (Å²) in [4.78, 5) is 13.9. The number of hydrogen-bond acceptors (Lipinski definition) is 3. The van der Waals surface area contributed by atoms with E-state index in [1.807, 2.05) is 0 Å². The van der Waals surface area contributed by atoms with Crippen molar-refractivity contribution in [2.45, 2.75) is 25.0 Å². The number of hydrogen-bond donors (Lipinski definition) is 1. The van der Waals surface area contributed by atoms with Crippen LogP contribution in [0.25, 0.3) is 0 Å². The lowest BCUT2D eigenvalue weighted by atomic mass is 10.0. The SMILES string of the molecule is Cn1cc(CC(=O)N2CC(O)CC2c2cc(F)ccc2F)cn1. The molecule has 1 fully saturated rings. The number of nitrogens with zero attached hydrogens (tertiary/aromatic N) is 3. The Hall–Kier alpha value is -2.28. The highest BCUT2D eigenvalue weighted by Crippen LogP contribution is 2.34. The van der Waals surface area contributed by atoms with E-state index in [0.29, 0.717) is 0 Å².